The van der Waals surface area contributed by atoms with Crippen LogP contribution in [0.3, 0.4) is 0 Å². The van der Waals surface area contributed by atoms with E-state index in [9.17, 15) is 13.4 Å². The molecule has 2 aromatic carbocycles. The van der Waals surface area contributed by atoms with Crippen molar-refractivity contribution in [1.82, 2.24) is 9.97 Å². The number of aliphatic hydroxyl groups is 1. The monoisotopic (exact) mass is 432 g/mol. The number of rotatable bonds is 6. The Bertz CT molecular complexity index is 973. The topological polar surface area (TPSA) is 138 Å². The quantitative estimate of drug-likeness (QED) is 0.466. The number of aromatic carboxylic acids is 1. The summed E-state index contributed by atoms with van der Waals surface area (Å²) in [7, 11) is -1.43. The van der Waals surface area contributed by atoms with Crippen LogP contribution in [0.1, 0.15) is 15.9 Å². The highest BCUT2D eigenvalue weighted by molar-refractivity contribution is 7.84. The minimum atomic E-state index is -1.43. The normalized spacial score (nSPS) is 11.2. The standard InChI is InChI=1S/C12H11FN4O3S.C8H10O/c1-21(20)9-3-2-6(4-8(9)13)16-12-15-5-7(11(18)19)10(14)17-12;9-7-6-8-4-2-1-3-5-8/h2-5H,1H3,(H,18,19)(H3,14,15,16,17);1-5,9H,6-7H2. The summed E-state index contributed by atoms with van der Waals surface area (Å²) in [5, 5.41) is 20.0. The van der Waals surface area contributed by atoms with Crippen molar-refractivity contribution < 1.29 is 23.6 Å². The predicted molar refractivity (Wildman–Crippen MR) is 113 cm³/mol. The first kappa shape index (κ1) is 22.9. The number of halogens is 1. The summed E-state index contributed by atoms with van der Waals surface area (Å²) in [5.74, 6) is -2.04. The highest BCUT2D eigenvalue weighted by Gasteiger charge is 2.12. The Balaban J connectivity index is 0.000000297. The number of nitrogen functional groups attached to an aromatic ring is 1. The maximum absolute atomic E-state index is 13.7. The van der Waals surface area contributed by atoms with Gasteiger partial charge in [0.15, 0.2) is 0 Å². The molecule has 0 spiro atoms. The van der Waals surface area contributed by atoms with E-state index in [1.807, 2.05) is 30.3 Å². The summed E-state index contributed by atoms with van der Waals surface area (Å²) in [6.45, 7) is 0.240. The van der Waals surface area contributed by atoms with E-state index in [2.05, 4.69) is 15.3 Å². The molecule has 5 N–H and O–H groups in total. The van der Waals surface area contributed by atoms with E-state index in [4.69, 9.17) is 15.9 Å². The molecule has 1 unspecified atom stereocenters. The molecule has 0 aliphatic rings. The van der Waals surface area contributed by atoms with Crippen molar-refractivity contribution in [2.24, 2.45) is 0 Å². The fraction of sp³-hybridized carbons (Fsp3) is 0.150. The second-order valence-electron chi connectivity index (χ2n) is 5.98. The smallest absolute Gasteiger partial charge is 0.341 e. The number of carbonyl (C=O) groups is 1. The highest BCUT2D eigenvalue weighted by atomic mass is 32.2. The van der Waals surface area contributed by atoms with Gasteiger partial charge in [-0.3, -0.25) is 4.21 Å². The predicted octanol–water partition coefficient (Wildman–Crippen LogP) is 2.60. The van der Waals surface area contributed by atoms with Crippen molar-refractivity contribution in [3.63, 3.8) is 0 Å². The molecule has 10 heteroatoms. The Kier molecular flexibility index (Phi) is 8.39. The molecule has 0 aliphatic heterocycles. The molecule has 8 nitrogen and oxygen atoms in total. The minimum Gasteiger partial charge on any atom is -0.477 e. The van der Waals surface area contributed by atoms with Crippen LogP contribution in [0.5, 0.6) is 0 Å². The molecule has 3 rings (SSSR count). The molecule has 158 valence electrons. The molecule has 0 bridgehead atoms. The van der Waals surface area contributed by atoms with E-state index in [0.29, 0.717) is 5.69 Å². The van der Waals surface area contributed by atoms with Crippen molar-refractivity contribution in [1.29, 1.82) is 0 Å². The van der Waals surface area contributed by atoms with Crippen molar-refractivity contribution >= 4 is 34.2 Å². The first-order valence-corrected chi connectivity index (χ1v) is 10.3. The van der Waals surface area contributed by atoms with Gasteiger partial charge in [-0.25, -0.2) is 14.2 Å². The fourth-order valence-corrected chi connectivity index (χ4v) is 2.93. The Hall–Kier alpha value is -3.37. The van der Waals surface area contributed by atoms with Crippen LogP contribution in [0.4, 0.5) is 21.8 Å². The van der Waals surface area contributed by atoms with Crippen LogP contribution >= 0.6 is 0 Å². The van der Waals surface area contributed by atoms with Crippen molar-refractivity contribution in [3.8, 4) is 0 Å². The molecule has 30 heavy (non-hydrogen) atoms. The molecule has 0 saturated carbocycles. The van der Waals surface area contributed by atoms with Gasteiger partial charge in [0.05, 0.1) is 15.7 Å². The molecule has 0 amide bonds. The molecule has 1 heterocycles. The van der Waals surface area contributed by atoms with Crippen LogP contribution in [0.25, 0.3) is 0 Å². The number of hydrogen-bond donors (Lipinski definition) is 4. The van der Waals surface area contributed by atoms with Gasteiger partial charge in [-0.1, -0.05) is 30.3 Å². The van der Waals surface area contributed by atoms with Gasteiger partial charge < -0.3 is 21.3 Å². The van der Waals surface area contributed by atoms with Crippen LogP contribution in [0, 0.1) is 5.82 Å². The third-order valence-electron chi connectivity index (χ3n) is 3.79. The van der Waals surface area contributed by atoms with Crippen LogP contribution in [-0.4, -0.2) is 43.2 Å². The number of nitrogens with two attached hydrogens (primary N) is 1. The first-order chi connectivity index (χ1) is 14.3. The molecule has 0 radical (unpaired) electrons. The number of hydrogen-bond acceptors (Lipinski definition) is 7. The zero-order valence-corrected chi connectivity index (χ0v) is 16.9. The molecule has 0 saturated heterocycles. The lowest BCUT2D eigenvalue weighted by Crippen LogP contribution is -2.08. The van der Waals surface area contributed by atoms with E-state index in [1.165, 1.54) is 24.0 Å². The molecule has 1 atom stereocenters. The molecule has 0 fully saturated rings. The second-order valence-corrected chi connectivity index (χ2v) is 7.33. The lowest BCUT2D eigenvalue weighted by molar-refractivity contribution is 0.0697. The third-order valence-corrected chi connectivity index (χ3v) is 4.74. The SMILES string of the molecule is CS(=O)c1ccc(Nc2ncc(C(=O)O)c(N)n2)cc1F.OCCc1ccccc1. The molecule has 0 aliphatic carbocycles. The molecule has 3 aromatic rings. The molecular weight excluding hydrogens is 411 g/mol. The van der Waals surface area contributed by atoms with E-state index >= 15 is 0 Å². The van der Waals surface area contributed by atoms with Crippen molar-refractivity contribution in [2.75, 3.05) is 23.9 Å². The first-order valence-electron chi connectivity index (χ1n) is 8.72. The molecule has 1 aromatic heterocycles. The number of nitrogens with zero attached hydrogens (tertiary/aromatic N) is 2. The van der Waals surface area contributed by atoms with Gasteiger partial charge in [0.2, 0.25) is 5.95 Å². The van der Waals surface area contributed by atoms with Gasteiger partial charge in [-0.15, -0.1) is 0 Å². The number of carboxylic acid groups (broad SMARTS) is 1. The Morgan fingerprint density at radius 2 is 1.93 bits per heavy atom. The van der Waals surface area contributed by atoms with Gasteiger partial charge in [0.25, 0.3) is 0 Å². The van der Waals surface area contributed by atoms with Gasteiger partial charge in [-0.05, 0) is 30.2 Å². The minimum absolute atomic E-state index is 0.0299. The number of anilines is 3. The number of aliphatic hydroxyl groups excluding tert-OH is 1. The van der Waals surface area contributed by atoms with Crippen LogP contribution in [-0.2, 0) is 17.2 Å². The Labute approximate surface area is 175 Å². The zero-order chi connectivity index (χ0) is 22.1. The third kappa shape index (κ3) is 6.61. The van der Waals surface area contributed by atoms with Gasteiger partial charge in [0, 0.05) is 24.7 Å². The average molecular weight is 432 g/mol. The van der Waals surface area contributed by atoms with Crippen LogP contribution in [0.2, 0.25) is 0 Å². The van der Waals surface area contributed by atoms with E-state index in [-0.39, 0.29) is 28.8 Å². The lowest BCUT2D eigenvalue weighted by Gasteiger charge is -2.07. The summed E-state index contributed by atoms with van der Waals surface area (Å²) >= 11 is 0. The summed E-state index contributed by atoms with van der Waals surface area (Å²) < 4.78 is 24.9. The highest BCUT2D eigenvalue weighted by Crippen LogP contribution is 2.20. The maximum Gasteiger partial charge on any atom is 0.341 e. The summed E-state index contributed by atoms with van der Waals surface area (Å²) in [6, 6.07) is 14.0. The van der Waals surface area contributed by atoms with Gasteiger partial charge in [-0.2, -0.15) is 4.98 Å². The van der Waals surface area contributed by atoms with Crippen LogP contribution < -0.4 is 11.1 Å². The van der Waals surface area contributed by atoms with Gasteiger partial charge >= 0.3 is 5.97 Å². The van der Waals surface area contributed by atoms with E-state index in [1.54, 1.807) is 0 Å². The summed E-state index contributed by atoms with van der Waals surface area (Å²) in [4.78, 5) is 18.4. The Morgan fingerprint density at radius 3 is 2.47 bits per heavy atom. The van der Waals surface area contributed by atoms with E-state index in [0.717, 1.165) is 18.7 Å². The number of aromatic nitrogens is 2. The average Bonchev–Trinajstić information content (AvgIpc) is 2.69. The number of carboxylic acids is 1. The Morgan fingerprint density at radius 1 is 1.23 bits per heavy atom. The van der Waals surface area contributed by atoms with Crippen molar-refractivity contribution in [2.45, 2.75) is 11.3 Å². The largest absolute Gasteiger partial charge is 0.477 e. The van der Waals surface area contributed by atoms with Crippen molar-refractivity contribution in [3.05, 3.63) is 71.7 Å². The fourth-order valence-electron chi connectivity index (χ4n) is 2.33. The second kappa shape index (κ2) is 11.0. The zero-order valence-electron chi connectivity index (χ0n) is 16.1. The number of benzene rings is 2. The van der Waals surface area contributed by atoms with E-state index < -0.39 is 22.6 Å². The van der Waals surface area contributed by atoms with Gasteiger partial charge in [0.1, 0.15) is 17.2 Å². The summed E-state index contributed by atoms with van der Waals surface area (Å²) in [5.41, 5.74) is 6.78. The number of nitrogens with one attached hydrogen (secondary N) is 1. The maximum atomic E-state index is 13.7. The molecular formula is C20H21FN4O4S. The van der Waals surface area contributed by atoms with Crippen LogP contribution in [0.15, 0.2) is 59.6 Å². The lowest BCUT2D eigenvalue weighted by atomic mass is 10.2. The summed E-state index contributed by atoms with van der Waals surface area (Å²) in [6.07, 6.45) is 3.19.